The van der Waals surface area contributed by atoms with Gasteiger partial charge in [0.25, 0.3) is 0 Å². The molecule has 0 aliphatic carbocycles. The first kappa shape index (κ1) is 23.7. The third-order valence-electron chi connectivity index (χ3n) is 3.85. The van der Waals surface area contributed by atoms with E-state index < -0.39 is 23.7 Å². The Hall–Kier alpha value is -2.61. The van der Waals surface area contributed by atoms with Crippen LogP contribution in [0.25, 0.3) is 0 Å². The third-order valence-corrected chi connectivity index (χ3v) is 4.67. The van der Waals surface area contributed by atoms with Crippen LogP contribution in [0.4, 0.5) is 9.93 Å². The number of rotatable bonds is 9. The summed E-state index contributed by atoms with van der Waals surface area (Å²) in [5.41, 5.74) is 1.08. The SMILES string of the molecule is CC(C)Nc1nc(CCC(NC(=O)OC(C)(C)C)C(=O)OCc2ccccc2)cs1. The number of aromatic nitrogens is 1. The van der Waals surface area contributed by atoms with E-state index >= 15 is 0 Å². The number of ether oxygens (including phenoxy) is 2. The van der Waals surface area contributed by atoms with E-state index in [1.165, 1.54) is 11.3 Å². The van der Waals surface area contributed by atoms with Crippen molar-refractivity contribution in [1.29, 1.82) is 0 Å². The van der Waals surface area contributed by atoms with Gasteiger partial charge in [-0.2, -0.15) is 0 Å². The number of nitrogens with zero attached hydrogens (tertiary/aromatic N) is 1. The number of hydrogen-bond acceptors (Lipinski definition) is 7. The maximum Gasteiger partial charge on any atom is 0.408 e. The third kappa shape index (κ3) is 8.82. The minimum Gasteiger partial charge on any atom is -0.459 e. The maximum atomic E-state index is 12.7. The summed E-state index contributed by atoms with van der Waals surface area (Å²) in [6.07, 6.45) is 0.235. The average molecular weight is 434 g/mol. The van der Waals surface area contributed by atoms with Crippen LogP contribution in [0.1, 0.15) is 52.3 Å². The van der Waals surface area contributed by atoms with Gasteiger partial charge in [0.2, 0.25) is 0 Å². The fourth-order valence-electron chi connectivity index (χ4n) is 2.56. The molecule has 1 heterocycles. The van der Waals surface area contributed by atoms with E-state index in [1.54, 1.807) is 20.8 Å². The molecule has 1 amide bonds. The van der Waals surface area contributed by atoms with Gasteiger partial charge in [0, 0.05) is 11.4 Å². The first-order valence-electron chi connectivity index (χ1n) is 10.0. The molecule has 8 heteroatoms. The summed E-state index contributed by atoms with van der Waals surface area (Å²) in [6.45, 7) is 9.55. The predicted octanol–water partition coefficient (Wildman–Crippen LogP) is 4.53. The minimum atomic E-state index is -0.827. The zero-order valence-corrected chi connectivity index (χ0v) is 19.0. The number of aryl methyl sites for hydroxylation is 1. The van der Waals surface area contributed by atoms with Crippen LogP contribution in [0, 0.1) is 0 Å². The molecule has 2 N–H and O–H groups in total. The van der Waals surface area contributed by atoms with Crippen molar-refractivity contribution in [3.63, 3.8) is 0 Å². The second kappa shape index (κ2) is 11.0. The largest absolute Gasteiger partial charge is 0.459 e. The van der Waals surface area contributed by atoms with E-state index in [0.717, 1.165) is 16.4 Å². The molecule has 0 spiro atoms. The fourth-order valence-corrected chi connectivity index (χ4v) is 3.45. The quantitative estimate of drug-likeness (QED) is 0.565. The Kier molecular flexibility index (Phi) is 8.65. The van der Waals surface area contributed by atoms with Gasteiger partial charge >= 0.3 is 12.1 Å². The number of thiazole rings is 1. The van der Waals surface area contributed by atoms with Crippen molar-refractivity contribution in [3.05, 3.63) is 47.0 Å². The molecule has 1 unspecified atom stereocenters. The van der Waals surface area contributed by atoms with Crippen molar-refractivity contribution in [1.82, 2.24) is 10.3 Å². The van der Waals surface area contributed by atoms with Crippen LogP contribution in [0.5, 0.6) is 0 Å². The molecule has 1 aromatic heterocycles. The minimum absolute atomic E-state index is 0.144. The van der Waals surface area contributed by atoms with Gasteiger partial charge in [-0.15, -0.1) is 11.3 Å². The Morgan fingerprint density at radius 2 is 1.87 bits per heavy atom. The van der Waals surface area contributed by atoms with Gasteiger partial charge in [-0.3, -0.25) is 0 Å². The van der Waals surface area contributed by atoms with Gasteiger partial charge in [0.15, 0.2) is 5.13 Å². The van der Waals surface area contributed by atoms with E-state index in [0.29, 0.717) is 18.9 Å². The van der Waals surface area contributed by atoms with Gasteiger partial charge in [0.1, 0.15) is 18.2 Å². The lowest BCUT2D eigenvalue weighted by atomic mass is 10.1. The van der Waals surface area contributed by atoms with Crippen LogP contribution in [0.3, 0.4) is 0 Å². The molecule has 7 nitrogen and oxygen atoms in total. The number of benzene rings is 1. The number of alkyl carbamates (subject to hydrolysis) is 1. The van der Waals surface area contributed by atoms with Crippen molar-refractivity contribution >= 4 is 28.5 Å². The highest BCUT2D eigenvalue weighted by molar-refractivity contribution is 7.13. The van der Waals surface area contributed by atoms with E-state index in [4.69, 9.17) is 9.47 Å². The second-order valence-corrected chi connectivity index (χ2v) is 9.13. The molecular formula is C22H31N3O4S. The molecule has 164 valence electrons. The van der Waals surface area contributed by atoms with Crippen LogP contribution in [0.2, 0.25) is 0 Å². The molecule has 0 saturated carbocycles. The summed E-state index contributed by atoms with van der Waals surface area (Å²) in [4.78, 5) is 29.4. The highest BCUT2D eigenvalue weighted by atomic mass is 32.1. The molecule has 1 atom stereocenters. The number of hydrogen-bond donors (Lipinski definition) is 2. The number of nitrogens with one attached hydrogen (secondary N) is 2. The standard InChI is InChI=1S/C22H31N3O4S/c1-15(2)23-20-24-17(14-30-20)11-12-18(25-21(27)29-22(3,4)5)19(26)28-13-16-9-7-6-8-10-16/h6-10,14-15,18H,11-13H2,1-5H3,(H,23,24)(H,25,27). The molecule has 0 aliphatic rings. The highest BCUT2D eigenvalue weighted by Crippen LogP contribution is 2.18. The monoisotopic (exact) mass is 433 g/mol. The van der Waals surface area contributed by atoms with E-state index in [2.05, 4.69) is 15.6 Å². The summed E-state index contributed by atoms with van der Waals surface area (Å²) in [5, 5.41) is 8.69. The Bertz CT molecular complexity index is 815. The van der Waals surface area contributed by atoms with Crippen molar-refractivity contribution in [2.45, 2.75) is 71.8 Å². The Balaban J connectivity index is 1.99. The average Bonchev–Trinajstić information content (AvgIpc) is 3.09. The molecule has 30 heavy (non-hydrogen) atoms. The predicted molar refractivity (Wildman–Crippen MR) is 119 cm³/mol. The molecular weight excluding hydrogens is 402 g/mol. The Morgan fingerprint density at radius 3 is 2.50 bits per heavy atom. The van der Waals surface area contributed by atoms with Crippen LogP contribution in [-0.4, -0.2) is 34.7 Å². The molecule has 0 saturated heterocycles. The second-order valence-electron chi connectivity index (χ2n) is 8.27. The highest BCUT2D eigenvalue weighted by Gasteiger charge is 2.26. The molecule has 2 rings (SSSR count). The lowest BCUT2D eigenvalue weighted by Gasteiger charge is -2.23. The normalized spacial score (nSPS) is 12.3. The van der Waals surface area contributed by atoms with Crippen LogP contribution < -0.4 is 10.6 Å². The molecule has 0 bridgehead atoms. The number of carbonyl (C=O) groups is 2. The fraction of sp³-hybridized carbons (Fsp3) is 0.500. The van der Waals surface area contributed by atoms with Crippen molar-refractivity contribution < 1.29 is 19.1 Å². The summed E-state index contributed by atoms with van der Waals surface area (Å²) in [7, 11) is 0. The topological polar surface area (TPSA) is 89.5 Å². The Labute approximate surface area is 182 Å². The van der Waals surface area contributed by atoms with Crippen molar-refractivity contribution in [3.8, 4) is 0 Å². The van der Waals surface area contributed by atoms with Crippen molar-refractivity contribution in [2.75, 3.05) is 5.32 Å². The molecule has 0 radical (unpaired) electrons. The lowest BCUT2D eigenvalue weighted by molar-refractivity contribution is -0.147. The van der Waals surface area contributed by atoms with Gasteiger partial charge in [-0.05, 0) is 53.0 Å². The zero-order valence-electron chi connectivity index (χ0n) is 18.2. The summed E-state index contributed by atoms with van der Waals surface area (Å²) < 4.78 is 10.7. The van der Waals surface area contributed by atoms with E-state index in [1.807, 2.05) is 49.6 Å². The van der Waals surface area contributed by atoms with Crippen LogP contribution in [0.15, 0.2) is 35.7 Å². The van der Waals surface area contributed by atoms with Gasteiger partial charge in [-0.1, -0.05) is 30.3 Å². The van der Waals surface area contributed by atoms with Gasteiger partial charge in [0.05, 0.1) is 5.69 Å². The van der Waals surface area contributed by atoms with E-state index in [-0.39, 0.29) is 6.61 Å². The summed E-state index contributed by atoms with van der Waals surface area (Å²) >= 11 is 1.52. The first-order chi connectivity index (χ1) is 14.1. The van der Waals surface area contributed by atoms with E-state index in [9.17, 15) is 9.59 Å². The summed E-state index contributed by atoms with van der Waals surface area (Å²) in [5.74, 6) is -0.500. The number of esters is 1. The molecule has 0 aliphatic heterocycles. The molecule has 2 aromatic rings. The lowest BCUT2D eigenvalue weighted by Crippen LogP contribution is -2.44. The number of anilines is 1. The zero-order chi connectivity index (χ0) is 22.1. The number of amides is 1. The Morgan fingerprint density at radius 1 is 1.17 bits per heavy atom. The summed E-state index contributed by atoms with van der Waals surface area (Å²) in [6, 6.07) is 8.87. The smallest absolute Gasteiger partial charge is 0.408 e. The van der Waals surface area contributed by atoms with Crippen molar-refractivity contribution in [2.24, 2.45) is 0 Å². The van der Waals surface area contributed by atoms with Crippen LogP contribution in [-0.2, 0) is 27.3 Å². The maximum absolute atomic E-state index is 12.7. The van der Waals surface area contributed by atoms with Crippen LogP contribution >= 0.6 is 11.3 Å². The molecule has 1 aromatic carbocycles. The first-order valence-corrected chi connectivity index (χ1v) is 10.9. The van der Waals surface area contributed by atoms with Gasteiger partial charge in [-0.25, -0.2) is 14.6 Å². The molecule has 0 fully saturated rings. The van der Waals surface area contributed by atoms with Gasteiger partial charge < -0.3 is 20.1 Å². The number of carbonyl (C=O) groups excluding carboxylic acids is 2.